The van der Waals surface area contributed by atoms with Crippen LogP contribution in [0.25, 0.3) is 0 Å². The molecule has 0 saturated carbocycles. The van der Waals surface area contributed by atoms with E-state index in [0.29, 0.717) is 5.92 Å². The van der Waals surface area contributed by atoms with Gasteiger partial charge < -0.3 is 5.32 Å². The van der Waals surface area contributed by atoms with Crippen LogP contribution in [0.5, 0.6) is 0 Å². The predicted octanol–water partition coefficient (Wildman–Crippen LogP) is 4.44. The molecule has 0 aromatic heterocycles. The van der Waals surface area contributed by atoms with Gasteiger partial charge in [-0.15, -0.1) is 0 Å². The molecule has 0 heterocycles. The molecule has 0 unspecified atom stereocenters. The average Bonchev–Trinajstić information content (AvgIpc) is 2.30. The second-order valence-electron chi connectivity index (χ2n) is 3.68. The first-order chi connectivity index (χ1) is 7.19. The Morgan fingerprint density at radius 3 is 2.20 bits per heavy atom. The summed E-state index contributed by atoms with van der Waals surface area (Å²) in [6.45, 7) is 10.7. The van der Waals surface area contributed by atoms with E-state index in [4.69, 9.17) is 0 Å². The summed E-state index contributed by atoms with van der Waals surface area (Å²) in [7, 11) is 1.98. The number of aryl methyl sites for hydroxylation is 1. The van der Waals surface area contributed by atoms with E-state index in [-0.39, 0.29) is 0 Å². The Balaban J connectivity index is 0.000000921. The van der Waals surface area contributed by atoms with Crippen molar-refractivity contribution in [1.82, 2.24) is 0 Å². The molecule has 0 aliphatic rings. The van der Waals surface area contributed by atoms with Crippen LogP contribution in [0.3, 0.4) is 0 Å². The molecule has 0 aliphatic heterocycles. The van der Waals surface area contributed by atoms with Gasteiger partial charge in [0.2, 0.25) is 0 Å². The highest BCUT2D eigenvalue weighted by atomic mass is 14.8. The zero-order valence-corrected chi connectivity index (χ0v) is 11.0. The van der Waals surface area contributed by atoms with Crippen LogP contribution < -0.4 is 5.32 Å². The van der Waals surface area contributed by atoms with E-state index in [1.165, 1.54) is 16.8 Å². The van der Waals surface area contributed by atoms with Gasteiger partial charge in [-0.3, -0.25) is 0 Å². The van der Waals surface area contributed by atoms with Crippen molar-refractivity contribution in [3.8, 4) is 0 Å². The maximum atomic E-state index is 3.23. The first-order valence-corrected chi connectivity index (χ1v) is 5.99. The van der Waals surface area contributed by atoms with Gasteiger partial charge in [0.15, 0.2) is 0 Å². The average molecular weight is 207 g/mol. The second-order valence-corrected chi connectivity index (χ2v) is 3.68. The molecule has 0 amide bonds. The quantitative estimate of drug-likeness (QED) is 0.772. The van der Waals surface area contributed by atoms with E-state index < -0.39 is 0 Å². The summed E-state index contributed by atoms with van der Waals surface area (Å²) in [6.07, 6.45) is 1.11. The zero-order chi connectivity index (χ0) is 11.8. The first-order valence-electron chi connectivity index (χ1n) is 5.99. The van der Waals surface area contributed by atoms with Crippen molar-refractivity contribution in [2.45, 2.75) is 47.0 Å². The highest BCUT2D eigenvalue weighted by Crippen LogP contribution is 2.25. The van der Waals surface area contributed by atoms with Crippen LogP contribution in [-0.2, 0) is 6.42 Å². The van der Waals surface area contributed by atoms with E-state index in [0.717, 1.165) is 6.42 Å². The van der Waals surface area contributed by atoms with Crippen molar-refractivity contribution in [2.75, 3.05) is 12.4 Å². The van der Waals surface area contributed by atoms with Gasteiger partial charge in [0, 0.05) is 12.7 Å². The highest BCUT2D eigenvalue weighted by Gasteiger charge is 2.05. The summed E-state index contributed by atoms with van der Waals surface area (Å²) in [6, 6.07) is 6.67. The SMILES string of the molecule is CC.CCc1ccc(NC)c(C(C)C)c1. The van der Waals surface area contributed by atoms with Crippen molar-refractivity contribution in [3.05, 3.63) is 29.3 Å². The fourth-order valence-electron chi connectivity index (χ4n) is 1.54. The van der Waals surface area contributed by atoms with Gasteiger partial charge in [-0.05, 0) is 29.5 Å². The Labute approximate surface area is 94.9 Å². The number of nitrogens with one attached hydrogen (secondary N) is 1. The molecule has 15 heavy (non-hydrogen) atoms. The van der Waals surface area contributed by atoms with Crippen LogP contribution in [0.1, 0.15) is 51.7 Å². The van der Waals surface area contributed by atoms with Gasteiger partial charge in [0.05, 0.1) is 0 Å². The molecule has 1 nitrogen and oxygen atoms in total. The summed E-state index contributed by atoms with van der Waals surface area (Å²) in [4.78, 5) is 0. The summed E-state index contributed by atoms with van der Waals surface area (Å²) in [5, 5.41) is 3.23. The topological polar surface area (TPSA) is 12.0 Å². The standard InChI is InChI=1S/C12H19N.C2H6/c1-5-10-6-7-12(13-4)11(8-10)9(2)3;1-2/h6-9,13H,5H2,1-4H3;1-2H3. The third-order valence-corrected chi connectivity index (χ3v) is 2.42. The summed E-state index contributed by atoms with van der Waals surface area (Å²) in [5.41, 5.74) is 4.09. The molecule has 0 atom stereocenters. The molecule has 0 fully saturated rings. The Morgan fingerprint density at radius 2 is 1.80 bits per heavy atom. The fourth-order valence-corrected chi connectivity index (χ4v) is 1.54. The van der Waals surface area contributed by atoms with Crippen molar-refractivity contribution in [2.24, 2.45) is 0 Å². The normalized spacial score (nSPS) is 9.53. The van der Waals surface area contributed by atoms with E-state index in [1.807, 2.05) is 20.9 Å². The molecule has 0 spiro atoms. The summed E-state index contributed by atoms with van der Waals surface area (Å²) in [5.74, 6) is 0.592. The molecule has 0 saturated heterocycles. The van der Waals surface area contributed by atoms with Gasteiger partial charge >= 0.3 is 0 Å². The molecule has 86 valence electrons. The van der Waals surface area contributed by atoms with E-state index in [2.05, 4.69) is 44.3 Å². The lowest BCUT2D eigenvalue weighted by atomic mass is 9.98. The third-order valence-electron chi connectivity index (χ3n) is 2.42. The predicted molar refractivity (Wildman–Crippen MR) is 70.8 cm³/mol. The minimum Gasteiger partial charge on any atom is -0.388 e. The van der Waals surface area contributed by atoms with Gasteiger partial charge in [0.25, 0.3) is 0 Å². The third kappa shape index (κ3) is 3.94. The lowest BCUT2D eigenvalue weighted by Gasteiger charge is -2.13. The van der Waals surface area contributed by atoms with Crippen LogP contribution in [0.2, 0.25) is 0 Å². The Morgan fingerprint density at radius 1 is 1.20 bits per heavy atom. The summed E-state index contributed by atoms with van der Waals surface area (Å²) < 4.78 is 0. The molecule has 1 aromatic carbocycles. The van der Waals surface area contributed by atoms with Crippen molar-refractivity contribution in [3.63, 3.8) is 0 Å². The van der Waals surface area contributed by atoms with Gasteiger partial charge in [-0.25, -0.2) is 0 Å². The molecular formula is C14H25N. The van der Waals surface area contributed by atoms with Crippen LogP contribution in [0.15, 0.2) is 18.2 Å². The number of benzene rings is 1. The first kappa shape index (κ1) is 14.0. The second kappa shape index (κ2) is 7.33. The molecule has 1 aromatic rings. The minimum atomic E-state index is 0.592. The largest absolute Gasteiger partial charge is 0.388 e. The lowest BCUT2D eigenvalue weighted by Crippen LogP contribution is -1.98. The van der Waals surface area contributed by atoms with Crippen LogP contribution in [0, 0.1) is 0 Å². The van der Waals surface area contributed by atoms with Gasteiger partial charge in [-0.2, -0.15) is 0 Å². The van der Waals surface area contributed by atoms with Crippen molar-refractivity contribution < 1.29 is 0 Å². The zero-order valence-electron chi connectivity index (χ0n) is 11.0. The molecule has 0 aliphatic carbocycles. The molecule has 1 rings (SSSR count). The number of hydrogen-bond acceptors (Lipinski definition) is 1. The Hall–Kier alpha value is -0.980. The van der Waals surface area contributed by atoms with E-state index in [9.17, 15) is 0 Å². The smallest absolute Gasteiger partial charge is 0.0372 e. The molecule has 0 radical (unpaired) electrons. The Bertz CT molecular complexity index is 277. The lowest BCUT2D eigenvalue weighted by molar-refractivity contribution is 0.864. The van der Waals surface area contributed by atoms with E-state index >= 15 is 0 Å². The molecular weight excluding hydrogens is 182 g/mol. The molecule has 1 heteroatoms. The number of anilines is 1. The van der Waals surface area contributed by atoms with Gasteiger partial charge in [0.1, 0.15) is 0 Å². The van der Waals surface area contributed by atoms with Crippen LogP contribution >= 0.6 is 0 Å². The maximum absolute atomic E-state index is 3.23. The van der Waals surface area contributed by atoms with Crippen LogP contribution in [0.4, 0.5) is 5.69 Å². The van der Waals surface area contributed by atoms with Gasteiger partial charge in [-0.1, -0.05) is 46.8 Å². The van der Waals surface area contributed by atoms with Crippen molar-refractivity contribution >= 4 is 5.69 Å². The highest BCUT2D eigenvalue weighted by molar-refractivity contribution is 5.53. The monoisotopic (exact) mass is 207 g/mol. The van der Waals surface area contributed by atoms with E-state index in [1.54, 1.807) is 0 Å². The van der Waals surface area contributed by atoms with Crippen molar-refractivity contribution in [1.29, 1.82) is 0 Å². The number of hydrogen-bond donors (Lipinski definition) is 1. The number of rotatable bonds is 3. The molecule has 1 N–H and O–H groups in total. The Kier molecular flexibility index (Phi) is 6.85. The summed E-state index contributed by atoms with van der Waals surface area (Å²) >= 11 is 0. The molecule has 0 bridgehead atoms. The fraction of sp³-hybridized carbons (Fsp3) is 0.571. The minimum absolute atomic E-state index is 0.592. The van der Waals surface area contributed by atoms with Crippen LogP contribution in [-0.4, -0.2) is 7.05 Å². The maximum Gasteiger partial charge on any atom is 0.0372 e.